The predicted molar refractivity (Wildman–Crippen MR) is 139 cm³/mol. The van der Waals surface area contributed by atoms with Gasteiger partial charge in [-0.05, 0) is 67.5 Å². The Hall–Kier alpha value is -2.70. The van der Waals surface area contributed by atoms with Gasteiger partial charge in [-0.1, -0.05) is 38.5 Å². The summed E-state index contributed by atoms with van der Waals surface area (Å²) in [6, 6.07) is 15.7. The number of hydrogen-bond donors (Lipinski definition) is 1. The summed E-state index contributed by atoms with van der Waals surface area (Å²) in [5, 5.41) is 5.13. The maximum absolute atomic E-state index is 13.3. The molecule has 0 spiro atoms. The molecule has 1 atom stereocenters. The zero-order valence-electron chi connectivity index (χ0n) is 19.0. The average molecular weight is 477 g/mol. The molecule has 0 fully saturated rings. The van der Waals surface area contributed by atoms with Gasteiger partial charge >= 0.3 is 0 Å². The molecule has 1 amide bonds. The van der Waals surface area contributed by atoms with Gasteiger partial charge in [-0.15, -0.1) is 22.7 Å². The number of carbonyl (C=O) groups excluding carboxylic acids is 1. The number of nitrogens with zero attached hydrogens (tertiary/aromatic N) is 1. The van der Waals surface area contributed by atoms with E-state index in [1.165, 1.54) is 21.6 Å². The number of benzene rings is 2. The van der Waals surface area contributed by atoms with Gasteiger partial charge in [-0.3, -0.25) is 4.79 Å². The van der Waals surface area contributed by atoms with Crippen LogP contribution in [0.4, 0.5) is 5.00 Å². The first-order valence-electron chi connectivity index (χ1n) is 11.7. The van der Waals surface area contributed by atoms with Crippen LogP contribution in [0, 0.1) is 5.92 Å². The smallest absolute Gasteiger partial charge is 0.256 e. The summed E-state index contributed by atoms with van der Waals surface area (Å²) >= 11 is 3.42. The Morgan fingerprint density at radius 1 is 1.18 bits per heavy atom. The summed E-state index contributed by atoms with van der Waals surface area (Å²) in [5.41, 5.74) is 4.10. The number of para-hydroxylation sites is 1. The van der Waals surface area contributed by atoms with Crippen LogP contribution in [0.2, 0.25) is 0 Å². The highest BCUT2D eigenvalue weighted by Gasteiger charge is 2.27. The van der Waals surface area contributed by atoms with Crippen molar-refractivity contribution in [1.82, 2.24) is 4.98 Å². The molecule has 2 aromatic carbocycles. The Bertz CT molecular complexity index is 1260. The van der Waals surface area contributed by atoms with Gasteiger partial charge < -0.3 is 10.1 Å². The summed E-state index contributed by atoms with van der Waals surface area (Å²) in [5.74, 6) is 1.30. The fraction of sp³-hybridized carbons (Fsp3) is 0.333. The molecule has 1 N–H and O–H groups in total. The maximum Gasteiger partial charge on any atom is 0.256 e. The van der Waals surface area contributed by atoms with Gasteiger partial charge in [0.15, 0.2) is 0 Å². The summed E-state index contributed by atoms with van der Waals surface area (Å²) in [7, 11) is 0. The lowest BCUT2D eigenvalue weighted by Gasteiger charge is -2.18. The lowest BCUT2D eigenvalue weighted by Crippen LogP contribution is -2.12. The summed E-state index contributed by atoms with van der Waals surface area (Å²) < 4.78 is 6.98. The second-order valence-electron chi connectivity index (χ2n) is 8.73. The maximum atomic E-state index is 13.3. The lowest BCUT2D eigenvalue weighted by atomic mass is 9.88. The summed E-state index contributed by atoms with van der Waals surface area (Å²) in [6.45, 7) is 5.11. The SMILES string of the molecule is CCCCOc1cccc(C(=O)Nc2sc3c(c2-c2nc4ccccc4s2)CCC(C)C3)c1. The lowest BCUT2D eigenvalue weighted by molar-refractivity contribution is 0.102. The predicted octanol–water partition coefficient (Wildman–Crippen LogP) is 7.58. The van der Waals surface area contributed by atoms with Gasteiger partial charge in [0, 0.05) is 16.0 Å². The molecule has 1 unspecified atom stereocenters. The molecule has 170 valence electrons. The Morgan fingerprint density at radius 2 is 2.06 bits per heavy atom. The van der Waals surface area contributed by atoms with Crippen LogP contribution in [0.3, 0.4) is 0 Å². The number of fused-ring (bicyclic) bond motifs is 2. The molecule has 0 saturated carbocycles. The monoisotopic (exact) mass is 476 g/mol. The minimum Gasteiger partial charge on any atom is -0.494 e. The summed E-state index contributed by atoms with van der Waals surface area (Å²) in [6.07, 6.45) is 5.35. The number of rotatable bonds is 7. The molecule has 6 heteroatoms. The number of thiazole rings is 1. The van der Waals surface area contributed by atoms with Gasteiger partial charge in [0.25, 0.3) is 5.91 Å². The molecule has 33 heavy (non-hydrogen) atoms. The van der Waals surface area contributed by atoms with E-state index in [0.717, 1.165) is 52.5 Å². The van der Waals surface area contributed by atoms with Crippen LogP contribution in [0.1, 0.15) is 53.9 Å². The van der Waals surface area contributed by atoms with E-state index in [0.29, 0.717) is 18.1 Å². The number of thiophene rings is 1. The van der Waals surface area contributed by atoms with E-state index in [9.17, 15) is 4.79 Å². The van der Waals surface area contributed by atoms with E-state index in [2.05, 4.69) is 31.3 Å². The molecular formula is C27H28N2O2S2. The Morgan fingerprint density at radius 3 is 2.91 bits per heavy atom. The third-order valence-corrected chi connectivity index (χ3v) is 8.33. The fourth-order valence-corrected chi connectivity index (χ4v) is 6.80. The minimum atomic E-state index is -0.107. The largest absolute Gasteiger partial charge is 0.494 e. The van der Waals surface area contributed by atoms with Crippen LogP contribution in [-0.4, -0.2) is 17.5 Å². The molecular weight excluding hydrogens is 448 g/mol. The molecule has 0 radical (unpaired) electrons. The first-order valence-corrected chi connectivity index (χ1v) is 13.3. The van der Waals surface area contributed by atoms with Crippen LogP contribution in [0.5, 0.6) is 5.75 Å². The van der Waals surface area contributed by atoms with Gasteiger partial charge in [-0.25, -0.2) is 4.98 Å². The van der Waals surface area contributed by atoms with Gasteiger partial charge in [0.05, 0.1) is 16.8 Å². The normalized spacial score (nSPS) is 15.4. The van der Waals surface area contributed by atoms with Crippen molar-refractivity contribution in [2.45, 2.75) is 46.0 Å². The van der Waals surface area contributed by atoms with E-state index < -0.39 is 0 Å². The first-order chi connectivity index (χ1) is 16.1. The van der Waals surface area contributed by atoms with Gasteiger partial charge in [0.2, 0.25) is 0 Å². The minimum absolute atomic E-state index is 0.107. The zero-order valence-corrected chi connectivity index (χ0v) is 20.7. The van der Waals surface area contributed by atoms with Crippen LogP contribution in [0.15, 0.2) is 48.5 Å². The van der Waals surface area contributed by atoms with Crippen LogP contribution < -0.4 is 10.1 Å². The topological polar surface area (TPSA) is 51.2 Å². The molecule has 1 aliphatic carbocycles. The van der Waals surface area contributed by atoms with Crippen molar-refractivity contribution in [3.63, 3.8) is 0 Å². The molecule has 0 bridgehead atoms. The standard InChI is InChI=1S/C27H28N2O2S2/c1-3-4-14-31-19-9-7-8-18(16-19)25(30)29-27-24(20-13-12-17(2)15-23(20)33-27)26-28-21-10-5-6-11-22(21)32-26/h5-11,16-17H,3-4,12-15H2,1-2H3,(H,29,30). The second kappa shape index (κ2) is 9.65. The first kappa shape index (κ1) is 22.1. The van der Waals surface area contributed by atoms with Crippen molar-refractivity contribution in [3.05, 3.63) is 64.5 Å². The van der Waals surface area contributed by atoms with Crippen molar-refractivity contribution in [1.29, 1.82) is 0 Å². The van der Waals surface area contributed by atoms with Crippen molar-refractivity contribution >= 4 is 43.8 Å². The van der Waals surface area contributed by atoms with E-state index in [4.69, 9.17) is 9.72 Å². The fourth-order valence-electron chi connectivity index (χ4n) is 4.28. The average Bonchev–Trinajstić information content (AvgIpc) is 3.39. The number of amides is 1. The van der Waals surface area contributed by atoms with E-state index in [-0.39, 0.29) is 5.91 Å². The van der Waals surface area contributed by atoms with E-state index >= 15 is 0 Å². The van der Waals surface area contributed by atoms with Gasteiger partial charge in [-0.2, -0.15) is 0 Å². The molecule has 0 saturated heterocycles. The quantitative estimate of drug-likeness (QED) is 0.280. The highest BCUT2D eigenvalue weighted by Crippen LogP contribution is 2.47. The van der Waals surface area contributed by atoms with Crippen molar-refractivity contribution < 1.29 is 9.53 Å². The molecule has 2 aromatic heterocycles. The molecule has 0 aliphatic heterocycles. The third kappa shape index (κ3) is 4.68. The molecule has 2 heterocycles. The number of carbonyl (C=O) groups is 1. The van der Waals surface area contributed by atoms with Crippen molar-refractivity contribution in [2.75, 3.05) is 11.9 Å². The van der Waals surface area contributed by atoms with Crippen LogP contribution in [-0.2, 0) is 12.8 Å². The van der Waals surface area contributed by atoms with E-state index in [1.807, 2.05) is 36.4 Å². The number of aromatic nitrogens is 1. The molecule has 1 aliphatic rings. The van der Waals surface area contributed by atoms with Gasteiger partial charge in [0.1, 0.15) is 15.8 Å². The van der Waals surface area contributed by atoms with Crippen molar-refractivity contribution in [3.8, 4) is 16.3 Å². The Balaban J connectivity index is 1.48. The molecule has 4 nitrogen and oxygen atoms in total. The molecule has 4 aromatic rings. The number of ether oxygens (including phenoxy) is 1. The summed E-state index contributed by atoms with van der Waals surface area (Å²) in [4.78, 5) is 19.6. The number of hydrogen-bond acceptors (Lipinski definition) is 5. The highest BCUT2D eigenvalue weighted by atomic mass is 32.1. The van der Waals surface area contributed by atoms with Crippen molar-refractivity contribution in [2.24, 2.45) is 5.92 Å². The Kier molecular flexibility index (Phi) is 6.47. The highest BCUT2D eigenvalue weighted by molar-refractivity contribution is 7.23. The number of anilines is 1. The zero-order chi connectivity index (χ0) is 22.8. The number of unbranched alkanes of at least 4 members (excludes halogenated alkanes) is 1. The number of nitrogens with one attached hydrogen (secondary N) is 1. The Labute approximate surface area is 202 Å². The molecule has 5 rings (SSSR count). The second-order valence-corrected chi connectivity index (χ2v) is 10.9. The van der Waals surface area contributed by atoms with Crippen LogP contribution >= 0.6 is 22.7 Å². The van der Waals surface area contributed by atoms with Crippen LogP contribution in [0.25, 0.3) is 20.8 Å². The van der Waals surface area contributed by atoms with E-state index in [1.54, 1.807) is 22.7 Å². The third-order valence-electron chi connectivity index (χ3n) is 6.11.